The molecule has 2 aromatic rings. The molecule has 0 N–H and O–H groups in total. The van der Waals surface area contributed by atoms with Crippen LogP contribution in [0.25, 0.3) is 10.9 Å². The number of para-hydroxylation sites is 1. The van der Waals surface area contributed by atoms with E-state index < -0.39 is 0 Å². The Morgan fingerprint density at radius 1 is 1.12 bits per heavy atom. The highest BCUT2D eigenvalue weighted by Crippen LogP contribution is 2.30. The third kappa shape index (κ3) is 1.87. The fourth-order valence-electron chi connectivity index (χ4n) is 1.78. The van der Waals surface area contributed by atoms with E-state index in [-0.39, 0.29) is 6.10 Å². The molecule has 0 aliphatic rings. The molecule has 0 saturated carbocycles. The fourth-order valence-corrected chi connectivity index (χ4v) is 1.78. The molecule has 0 saturated heterocycles. The number of nitrogens with zero attached hydrogens (tertiary/aromatic N) is 1. The van der Waals surface area contributed by atoms with Gasteiger partial charge in [0, 0.05) is 16.6 Å². The number of hydrogen-bond acceptors (Lipinski definition) is 2. The highest BCUT2D eigenvalue weighted by atomic mass is 16.5. The number of benzene rings is 1. The third-order valence-corrected chi connectivity index (χ3v) is 2.67. The van der Waals surface area contributed by atoms with Crippen molar-refractivity contribution in [3.8, 4) is 5.75 Å². The van der Waals surface area contributed by atoms with Gasteiger partial charge >= 0.3 is 0 Å². The van der Waals surface area contributed by atoms with Gasteiger partial charge in [0.15, 0.2) is 0 Å². The van der Waals surface area contributed by atoms with Crippen LogP contribution in [0.15, 0.2) is 24.3 Å². The molecule has 1 heterocycles. The van der Waals surface area contributed by atoms with Gasteiger partial charge < -0.3 is 4.74 Å². The molecular formula is C14H17NO. The molecule has 2 heteroatoms. The number of rotatable bonds is 2. The lowest BCUT2D eigenvalue weighted by Crippen LogP contribution is -2.08. The smallest absolute Gasteiger partial charge is 0.133 e. The molecule has 0 bridgehead atoms. The molecule has 0 fully saturated rings. The molecule has 0 spiro atoms. The van der Waals surface area contributed by atoms with Gasteiger partial charge in [0.05, 0.1) is 11.6 Å². The summed E-state index contributed by atoms with van der Waals surface area (Å²) in [6, 6.07) is 8.11. The van der Waals surface area contributed by atoms with E-state index in [9.17, 15) is 0 Å². The molecule has 84 valence electrons. The molecular weight excluding hydrogens is 198 g/mol. The number of ether oxygens (including phenoxy) is 1. The van der Waals surface area contributed by atoms with E-state index in [4.69, 9.17) is 4.74 Å². The first kappa shape index (κ1) is 10.9. The minimum absolute atomic E-state index is 0.184. The van der Waals surface area contributed by atoms with E-state index in [2.05, 4.69) is 18.0 Å². The average Bonchev–Trinajstić information content (AvgIpc) is 2.24. The predicted octanol–water partition coefficient (Wildman–Crippen LogP) is 3.64. The van der Waals surface area contributed by atoms with Crippen LogP contribution in [0.1, 0.15) is 25.1 Å². The zero-order chi connectivity index (χ0) is 11.7. The molecule has 2 rings (SSSR count). The maximum absolute atomic E-state index is 5.90. The van der Waals surface area contributed by atoms with Crippen molar-refractivity contribution in [3.05, 3.63) is 35.5 Å². The van der Waals surface area contributed by atoms with Crippen molar-refractivity contribution < 1.29 is 4.74 Å². The van der Waals surface area contributed by atoms with Crippen LogP contribution >= 0.6 is 0 Å². The van der Waals surface area contributed by atoms with E-state index >= 15 is 0 Å². The summed E-state index contributed by atoms with van der Waals surface area (Å²) in [6.45, 7) is 8.18. The summed E-state index contributed by atoms with van der Waals surface area (Å²) < 4.78 is 5.90. The van der Waals surface area contributed by atoms with Crippen molar-refractivity contribution in [1.82, 2.24) is 4.98 Å². The topological polar surface area (TPSA) is 22.1 Å². The van der Waals surface area contributed by atoms with Crippen molar-refractivity contribution in [2.75, 3.05) is 0 Å². The Morgan fingerprint density at radius 3 is 2.50 bits per heavy atom. The molecule has 0 atom stereocenters. The Bertz CT molecular complexity index is 517. The fraction of sp³-hybridized carbons (Fsp3) is 0.357. The minimum atomic E-state index is 0.184. The SMILES string of the molecule is Cc1nc2ccccc2c(OC(C)C)c1C. The Hall–Kier alpha value is -1.57. The third-order valence-electron chi connectivity index (χ3n) is 2.67. The van der Waals surface area contributed by atoms with Gasteiger partial charge in [-0.15, -0.1) is 0 Å². The zero-order valence-corrected chi connectivity index (χ0v) is 10.2. The van der Waals surface area contributed by atoms with Gasteiger partial charge in [0.2, 0.25) is 0 Å². The number of hydrogen-bond donors (Lipinski definition) is 0. The van der Waals surface area contributed by atoms with Crippen LogP contribution in [-0.2, 0) is 0 Å². The molecule has 0 amide bonds. The standard InChI is InChI=1S/C14H17NO/c1-9(2)16-14-10(3)11(4)15-13-8-6-5-7-12(13)14/h5-9H,1-4H3. The van der Waals surface area contributed by atoms with Crippen molar-refractivity contribution in [3.63, 3.8) is 0 Å². The van der Waals surface area contributed by atoms with Gasteiger partial charge in [-0.25, -0.2) is 0 Å². The van der Waals surface area contributed by atoms with Crippen LogP contribution in [0.4, 0.5) is 0 Å². The zero-order valence-electron chi connectivity index (χ0n) is 10.2. The van der Waals surface area contributed by atoms with Crippen LogP contribution in [0.3, 0.4) is 0 Å². The molecule has 2 nitrogen and oxygen atoms in total. The van der Waals surface area contributed by atoms with Crippen LogP contribution in [0, 0.1) is 13.8 Å². The van der Waals surface area contributed by atoms with E-state index in [1.807, 2.05) is 39.0 Å². The largest absolute Gasteiger partial charge is 0.490 e. The summed E-state index contributed by atoms with van der Waals surface area (Å²) >= 11 is 0. The van der Waals surface area contributed by atoms with Gasteiger partial charge in [-0.1, -0.05) is 12.1 Å². The summed E-state index contributed by atoms with van der Waals surface area (Å²) in [4.78, 5) is 4.56. The van der Waals surface area contributed by atoms with Gasteiger partial charge in [-0.05, 0) is 39.8 Å². The predicted molar refractivity (Wildman–Crippen MR) is 67.0 cm³/mol. The van der Waals surface area contributed by atoms with Crippen LogP contribution in [0.2, 0.25) is 0 Å². The van der Waals surface area contributed by atoms with E-state index in [1.165, 1.54) is 0 Å². The Kier molecular flexibility index (Phi) is 2.82. The normalized spacial score (nSPS) is 11.1. The Labute approximate surface area is 96.3 Å². The quantitative estimate of drug-likeness (QED) is 0.763. The second kappa shape index (κ2) is 4.12. The van der Waals surface area contributed by atoms with Gasteiger partial charge in [0.1, 0.15) is 5.75 Å². The Morgan fingerprint density at radius 2 is 1.81 bits per heavy atom. The first-order valence-electron chi connectivity index (χ1n) is 5.62. The van der Waals surface area contributed by atoms with Gasteiger partial charge in [-0.2, -0.15) is 0 Å². The maximum Gasteiger partial charge on any atom is 0.133 e. The molecule has 0 radical (unpaired) electrons. The lowest BCUT2D eigenvalue weighted by atomic mass is 10.1. The molecule has 0 unspecified atom stereocenters. The highest BCUT2D eigenvalue weighted by molar-refractivity contribution is 5.86. The van der Waals surface area contributed by atoms with Crippen LogP contribution < -0.4 is 4.74 Å². The molecule has 16 heavy (non-hydrogen) atoms. The van der Waals surface area contributed by atoms with E-state index in [1.54, 1.807) is 0 Å². The first-order valence-corrected chi connectivity index (χ1v) is 5.62. The van der Waals surface area contributed by atoms with E-state index in [0.29, 0.717) is 0 Å². The summed E-state index contributed by atoms with van der Waals surface area (Å²) in [6.07, 6.45) is 0.184. The molecule has 1 aromatic carbocycles. The highest BCUT2D eigenvalue weighted by Gasteiger charge is 2.11. The number of aryl methyl sites for hydroxylation is 1. The van der Waals surface area contributed by atoms with Crippen LogP contribution in [0.5, 0.6) is 5.75 Å². The van der Waals surface area contributed by atoms with Crippen molar-refractivity contribution in [2.45, 2.75) is 33.8 Å². The second-order valence-corrected chi connectivity index (χ2v) is 4.34. The van der Waals surface area contributed by atoms with Gasteiger partial charge in [0.25, 0.3) is 0 Å². The summed E-state index contributed by atoms with van der Waals surface area (Å²) in [7, 11) is 0. The van der Waals surface area contributed by atoms with Crippen molar-refractivity contribution >= 4 is 10.9 Å². The molecule has 0 aliphatic heterocycles. The summed E-state index contributed by atoms with van der Waals surface area (Å²) in [5, 5.41) is 1.10. The number of fused-ring (bicyclic) bond motifs is 1. The first-order chi connectivity index (χ1) is 7.59. The van der Waals surface area contributed by atoms with Gasteiger partial charge in [-0.3, -0.25) is 4.98 Å². The maximum atomic E-state index is 5.90. The molecule has 1 aromatic heterocycles. The summed E-state index contributed by atoms with van der Waals surface area (Å²) in [5.41, 5.74) is 3.17. The average molecular weight is 215 g/mol. The second-order valence-electron chi connectivity index (χ2n) is 4.34. The lowest BCUT2D eigenvalue weighted by molar-refractivity contribution is 0.243. The van der Waals surface area contributed by atoms with Crippen molar-refractivity contribution in [1.29, 1.82) is 0 Å². The summed E-state index contributed by atoms with van der Waals surface area (Å²) in [5.74, 6) is 0.970. The minimum Gasteiger partial charge on any atom is -0.490 e. The number of aromatic nitrogens is 1. The Balaban J connectivity index is 2.71. The monoisotopic (exact) mass is 215 g/mol. The number of pyridine rings is 1. The van der Waals surface area contributed by atoms with Crippen molar-refractivity contribution in [2.24, 2.45) is 0 Å². The molecule has 0 aliphatic carbocycles. The van der Waals surface area contributed by atoms with E-state index in [0.717, 1.165) is 27.9 Å². The van der Waals surface area contributed by atoms with Crippen LogP contribution in [-0.4, -0.2) is 11.1 Å². The lowest BCUT2D eigenvalue weighted by Gasteiger charge is -2.16.